The third-order valence-corrected chi connectivity index (χ3v) is 1.95. The summed E-state index contributed by atoms with van der Waals surface area (Å²) in [4.78, 5) is 26.9. The molecule has 0 aliphatic carbocycles. The number of carboxylic acids is 1. The van der Waals surface area contributed by atoms with E-state index in [1.54, 1.807) is 20.8 Å². The minimum absolute atomic E-state index is 0.134. The Morgan fingerprint density at radius 2 is 2.00 bits per heavy atom. The van der Waals surface area contributed by atoms with E-state index in [1.807, 2.05) is 0 Å². The molecule has 98 valence electrons. The van der Waals surface area contributed by atoms with Crippen molar-refractivity contribution < 1.29 is 29.0 Å². The zero-order chi connectivity index (χ0) is 13.1. The zero-order valence-electron chi connectivity index (χ0n) is 10.1. The Morgan fingerprint density at radius 1 is 1.41 bits per heavy atom. The first-order valence-electron chi connectivity index (χ1n) is 5.19. The van der Waals surface area contributed by atoms with Crippen molar-refractivity contribution in [1.82, 2.24) is 5.48 Å². The number of carboxylic acid groups (broad SMARTS) is 1. The smallest absolute Gasteiger partial charge is 0.431 e. The van der Waals surface area contributed by atoms with Crippen LogP contribution in [0, 0.1) is 0 Å². The standard InChI is InChI=1S/C10H17NO6/c1-9(2,3)16-8(14)11-17-10(4-7(12)13)5-15-6-10/h4-6H2,1-3H3,(H,11,14)(H,12,13). The summed E-state index contributed by atoms with van der Waals surface area (Å²) in [5.41, 5.74) is 0.464. The zero-order valence-corrected chi connectivity index (χ0v) is 10.1. The summed E-state index contributed by atoms with van der Waals surface area (Å²) in [7, 11) is 0. The normalized spacial score (nSPS) is 18.1. The number of amides is 1. The molecule has 17 heavy (non-hydrogen) atoms. The van der Waals surface area contributed by atoms with Gasteiger partial charge < -0.3 is 14.6 Å². The van der Waals surface area contributed by atoms with E-state index < -0.39 is 23.3 Å². The molecule has 0 aromatic carbocycles. The largest absolute Gasteiger partial charge is 0.481 e. The summed E-state index contributed by atoms with van der Waals surface area (Å²) in [6, 6.07) is 0. The molecule has 1 aliphatic rings. The van der Waals surface area contributed by atoms with Crippen LogP contribution in [-0.4, -0.2) is 41.6 Å². The molecule has 0 saturated carbocycles. The fourth-order valence-electron chi connectivity index (χ4n) is 1.25. The summed E-state index contributed by atoms with van der Waals surface area (Å²) < 4.78 is 9.84. The van der Waals surface area contributed by atoms with Crippen LogP contribution in [0.25, 0.3) is 0 Å². The van der Waals surface area contributed by atoms with Gasteiger partial charge in [0.15, 0.2) is 5.60 Å². The van der Waals surface area contributed by atoms with Gasteiger partial charge in [-0.1, -0.05) is 0 Å². The number of ether oxygens (including phenoxy) is 2. The van der Waals surface area contributed by atoms with Crippen LogP contribution >= 0.6 is 0 Å². The highest BCUT2D eigenvalue weighted by molar-refractivity contribution is 5.69. The Bertz CT molecular complexity index is 304. The first-order valence-corrected chi connectivity index (χ1v) is 5.19. The summed E-state index contributed by atoms with van der Waals surface area (Å²) in [5.74, 6) is -1.01. The van der Waals surface area contributed by atoms with Crippen molar-refractivity contribution in [2.75, 3.05) is 13.2 Å². The fraction of sp³-hybridized carbons (Fsp3) is 0.800. The van der Waals surface area contributed by atoms with Gasteiger partial charge in [-0.3, -0.25) is 9.63 Å². The molecule has 1 aliphatic heterocycles. The quantitative estimate of drug-likeness (QED) is 0.710. The van der Waals surface area contributed by atoms with Crippen molar-refractivity contribution in [2.45, 2.75) is 38.4 Å². The van der Waals surface area contributed by atoms with E-state index in [0.717, 1.165) is 0 Å². The molecular formula is C10H17NO6. The molecule has 1 rings (SSSR count). The van der Waals surface area contributed by atoms with Gasteiger partial charge >= 0.3 is 12.1 Å². The minimum atomic E-state index is -1.01. The molecule has 0 unspecified atom stereocenters. The average Bonchev–Trinajstić information content (AvgIpc) is 2.05. The van der Waals surface area contributed by atoms with Crippen LogP contribution < -0.4 is 5.48 Å². The number of aliphatic carboxylic acids is 1. The molecule has 2 N–H and O–H groups in total. The van der Waals surface area contributed by atoms with E-state index in [0.29, 0.717) is 0 Å². The van der Waals surface area contributed by atoms with Crippen molar-refractivity contribution in [3.63, 3.8) is 0 Å². The van der Waals surface area contributed by atoms with E-state index in [9.17, 15) is 9.59 Å². The van der Waals surface area contributed by atoms with Crippen molar-refractivity contribution in [1.29, 1.82) is 0 Å². The molecule has 1 heterocycles. The van der Waals surface area contributed by atoms with Crippen LogP contribution in [0.1, 0.15) is 27.2 Å². The molecule has 1 saturated heterocycles. The summed E-state index contributed by atoms with van der Waals surface area (Å²) in [6.45, 7) is 5.41. The van der Waals surface area contributed by atoms with Crippen molar-refractivity contribution in [3.05, 3.63) is 0 Å². The Balaban J connectivity index is 2.38. The number of nitrogens with one attached hydrogen (secondary N) is 1. The lowest BCUT2D eigenvalue weighted by molar-refractivity contribution is -0.237. The first-order chi connectivity index (χ1) is 7.72. The molecule has 7 heteroatoms. The number of hydroxylamine groups is 1. The van der Waals surface area contributed by atoms with Crippen LogP contribution in [0.4, 0.5) is 4.79 Å². The molecular weight excluding hydrogens is 230 g/mol. The highest BCUT2D eigenvalue weighted by atomic mass is 16.7. The molecule has 0 atom stereocenters. The lowest BCUT2D eigenvalue weighted by Gasteiger charge is -2.38. The molecule has 0 aromatic rings. The monoisotopic (exact) mass is 247 g/mol. The number of carbonyl (C=O) groups excluding carboxylic acids is 1. The van der Waals surface area contributed by atoms with E-state index in [-0.39, 0.29) is 19.6 Å². The summed E-state index contributed by atoms with van der Waals surface area (Å²) >= 11 is 0. The van der Waals surface area contributed by atoms with Crippen LogP contribution in [0.3, 0.4) is 0 Å². The van der Waals surface area contributed by atoms with Gasteiger partial charge in [-0.15, -0.1) is 0 Å². The minimum Gasteiger partial charge on any atom is -0.481 e. The van der Waals surface area contributed by atoms with Gasteiger partial charge in [0, 0.05) is 0 Å². The number of rotatable bonds is 4. The number of hydrogen-bond acceptors (Lipinski definition) is 5. The topological polar surface area (TPSA) is 94.1 Å². The van der Waals surface area contributed by atoms with E-state index in [1.165, 1.54) is 0 Å². The number of hydrogen-bond donors (Lipinski definition) is 2. The molecule has 7 nitrogen and oxygen atoms in total. The van der Waals surface area contributed by atoms with Crippen LogP contribution in [0.2, 0.25) is 0 Å². The maximum atomic E-state index is 11.3. The SMILES string of the molecule is CC(C)(C)OC(=O)NOC1(CC(=O)O)COC1. The van der Waals surface area contributed by atoms with Crippen LogP contribution in [0.15, 0.2) is 0 Å². The summed E-state index contributed by atoms with van der Waals surface area (Å²) in [6.07, 6.45) is -0.989. The third-order valence-electron chi connectivity index (χ3n) is 1.95. The van der Waals surface area contributed by atoms with E-state index in [4.69, 9.17) is 19.4 Å². The second-order valence-electron chi connectivity index (χ2n) is 4.95. The Labute approximate surface area is 99.0 Å². The molecule has 1 fully saturated rings. The molecule has 0 aromatic heterocycles. The van der Waals surface area contributed by atoms with E-state index >= 15 is 0 Å². The van der Waals surface area contributed by atoms with Crippen molar-refractivity contribution >= 4 is 12.1 Å². The predicted molar refractivity (Wildman–Crippen MR) is 56.3 cm³/mol. The lowest BCUT2D eigenvalue weighted by atomic mass is 9.98. The Hall–Kier alpha value is -1.34. The highest BCUT2D eigenvalue weighted by Crippen LogP contribution is 2.24. The molecule has 1 amide bonds. The second kappa shape index (κ2) is 4.89. The maximum Gasteiger partial charge on any atom is 0.431 e. The van der Waals surface area contributed by atoms with Gasteiger partial charge in [0.2, 0.25) is 0 Å². The Morgan fingerprint density at radius 3 is 2.35 bits per heavy atom. The number of carbonyl (C=O) groups is 2. The van der Waals surface area contributed by atoms with Crippen molar-refractivity contribution in [3.8, 4) is 0 Å². The van der Waals surface area contributed by atoms with Gasteiger partial charge in [0.1, 0.15) is 5.60 Å². The highest BCUT2D eigenvalue weighted by Gasteiger charge is 2.43. The van der Waals surface area contributed by atoms with Gasteiger partial charge in [0.05, 0.1) is 19.6 Å². The van der Waals surface area contributed by atoms with Crippen molar-refractivity contribution in [2.24, 2.45) is 0 Å². The van der Waals surface area contributed by atoms with Crippen LogP contribution in [-0.2, 0) is 19.1 Å². The maximum absolute atomic E-state index is 11.3. The van der Waals surface area contributed by atoms with Gasteiger partial charge in [-0.05, 0) is 20.8 Å². The van der Waals surface area contributed by atoms with Gasteiger partial charge in [-0.2, -0.15) is 5.48 Å². The van der Waals surface area contributed by atoms with Crippen LogP contribution in [0.5, 0.6) is 0 Å². The molecule has 0 spiro atoms. The van der Waals surface area contributed by atoms with E-state index in [2.05, 4.69) is 5.48 Å². The lowest BCUT2D eigenvalue weighted by Crippen LogP contribution is -2.56. The fourth-order valence-corrected chi connectivity index (χ4v) is 1.25. The van der Waals surface area contributed by atoms with Gasteiger partial charge in [0.25, 0.3) is 0 Å². The predicted octanol–water partition coefficient (Wildman–Crippen LogP) is 0.686. The Kier molecular flexibility index (Phi) is 3.94. The van der Waals surface area contributed by atoms with Gasteiger partial charge in [-0.25, -0.2) is 4.79 Å². The molecule has 0 bridgehead atoms. The molecule has 0 radical (unpaired) electrons. The third kappa shape index (κ3) is 4.58. The second-order valence-corrected chi connectivity index (χ2v) is 4.95. The first kappa shape index (κ1) is 13.7. The average molecular weight is 247 g/mol. The summed E-state index contributed by atoms with van der Waals surface area (Å²) in [5, 5.41) is 8.69.